The second-order valence-electron chi connectivity index (χ2n) is 11.6. The third kappa shape index (κ3) is 7.58. The third-order valence-corrected chi connectivity index (χ3v) is 13.4. The number of carbonyl (C=O) groups excluding carboxylic acids is 1. The summed E-state index contributed by atoms with van der Waals surface area (Å²) >= 11 is 7.52. The minimum absolute atomic E-state index is 0.227. The molecule has 2 N–H and O–H groups in total. The van der Waals surface area contributed by atoms with E-state index in [1.165, 1.54) is 11.3 Å². The molecule has 1 amide bonds. The maximum Gasteiger partial charge on any atom is 0.267 e. The highest BCUT2D eigenvalue weighted by Gasteiger charge is 2.25. The van der Waals surface area contributed by atoms with Gasteiger partial charge in [0, 0.05) is 45.4 Å². The van der Waals surface area contributed by atoms with E-state index in [1.54, 1.807) is 12.3 Å². The maximum atomic E-state index is 12.8. The van der Waals surface area contributed by atoms with Gasteiger partial charge in [0.2, 0.25) is 0 Å². The SMILES string of the molecule is Cc1nc(Nc2ncc(C(=O)Nc3c(C)cccc3Cl)s2)cc(N2CCN(CCO[Si-](C)(C)C(C)(C)C)CC2)n1. The van der Waals surface area contributed by atoms with Crippen molar-refractivity contribution in [1.29, 1.82) is 0 Å². The molecule has 1 fully saturated rings. The van der Waals surface area contributed by atoms with Gasteiger partial charge < -0.3 is 20.0 Å². The fraction of sp³-hybridized carbons (Fsp3) is 0.500. The normalized spacial score (nSPS) is 14.8. The lowest BCUT2D eigenvalue weighted by atomic mass is 10.2. The molecule has 1 saturated heterocycles. The summed E-state index contributed by atoms with van der Waals surface area (Å²) in [5.74, 6) is 1.95. The summed E-state index contributed by atoms with van der Waals surface area (Å²) in [6.07, 6.45) is 1.55. The number of hydrogen-bond acceptors (Lipinski definition) is 9. The van der Waals surface area contributed by atoms with E-state index < -0.39 is 8.32 Å². The third-order valence-electron chi connectivity index (χ3n) is 7.62. The average Bonchev–Trinajstić information content (AvgIpc) is 3.34. The lowest BCUT2D eigenvalue weighted by molar-refractivity contribution is 0.103. The van der Waals surface area contributed by atoms with Crippen LogP contribution >= 0.6 is 22.9 Å². The summed E-state index contributed by atoms with van der Waals surface area (Å²) in [5.41, 5.74) is 1.50. The number of carbonyl (C=O) groups is 1. The monoisotopic (exact) mass is 601 g/mol. The molecule has 40 heavy (non-hydrogen) atoms. The minimum atomic E-state index is -1.72. The van der Waals surface area contributed by atoms with E-state index in [1.807, 2.05) is 32.0 Å². The van der Waals surface area contributed by atoms with Gasteiger partial charge in [0.05, 0.1) is 16.9 Å². The van der Waals surface area contributed by atoms with E-state index in [9.17, 15) is 4.79 Å². The standard InChI is InChI=1S/C28H40ClN7O2SSi/c1-19-9-8-10-21(29)25(19)34-26(37)22-18-30-27(39-22)33-23-17-24(32-20(2)31-23)36-13-11-35(12-14-36)15-16-38-40(6,7)28(3,4)5/h8-10,17-18H,11-16H2,1-7H3,(H,34,37)(H,30,31,32,33)/q-1. The topological polar surface area (TPSA) is 95.5 Å². The fourth-order valence-electron chi connectivity index (χ4n) is 4.14. The molecule has 0 aliphatic carbocycles. The number of benzene rings is 1. The molecule has 1 aromatic carbocycles. The van der Waals surface area contributed by atoms with Gasteiger partial charge in [0.1, 0.15) is 22.3 Å². The van der Waals surface area contributed by atoms with Gasteiger partial charge in [0.25, 0.3) is 5.91 Å². The van der Waals surface area contributed by atoms with Crippen molar-refractivity contribution >= 4 is 59.6 Å². The summed E-state index contributed by atoms with van der Waals surface area (Å²) in [6, 6.07) is 7.45. The van der Waals surface area contributed by atoms with Crippen molar-refractivity contribution in [3.63, 3.8) is 0 Å². The largest absolute Gasteiger partial charge is 0.564 e. The second kappa shape index (κ2) is 12.5. The van der Waals surface area contributed by atoms with E-state index in [0.717, 1.165) is 50.7 Å². The van der Waals surface area contributed by atoms with Crippen LogP contribution in [-0.2, 0) is 4.43 Å². The van der Waals surface area contributed by atoms with Gasteiger partial charge in [-0.25, -0.2) is 15.0 Å². The van der Waals surface area contributed by atoms with Gasteiger partial charge in [-0.05, 0) is 33.8 Å². The molecule has 2 aromatic heterocycles. The van der Waals surface area contributed by atoms with Crippen molar-refractivity contribution in [1.82, 2.24) is 19.9 Å². The average molecular weight is 602 g/mol. The number of thiazole rings is 1. The highest BCUT2D eigenvalue weighted by molar-refractivity contribution is 7.17. The zero-order valence-corrected chi connectivity index (χ0v) is 27.0. The number of rotatable bonds is 9. The lowest BCUT2D eigenvalue weighted by Gasteiger charge is -2.49. The highest BCUT2D eigenvalue weighted by Crippen LogP contribution is 2.36. The number of anilines is 4. The summed E-state index contributed by atoms with van der Waals surface area (Å²) in [4.78, 5) is 31.7. The predicted octanol–water partition coefficient (Wildman–Crippen LogP) is 6.34. The van der Waals surface area contributed by atoms with E-state index in [4.69, 9.17) is 16.0 Å². The first-order valence-electron chi connectivity index (χ1n) is 13.6. The van der Waals surface area contributed by atoms with Gasteiger partial charge in [-0.1, -0.05) is 55.8 Å². The first-order chi connectivity index (χ1) is 18.8. The van der Waals surface area contributed by atoms with Gasteiger partial charge in [0.15, 0.2) is 5.13 Å². The van der Waals surface area contributed by atoms with Gasteiger partial charge in [-0.15, -0.1) is 18.1 Å². The van der Waals surface area contributed by atoms with Crippen LogP contribution in [-0.4, -0.2) is 73.4 Å². The van der Waals surface area contributed by atoms with Crippen molar-refractivity contribution < 1.29 is 9.22 Å². The summed E-state index contributed by atoms with van der Waals surface area (Å²) < 4.78 is 6.37. The molecule has 3 heterocycles. The number of para-hydroxylation sites is 1. The number of aryl methyl sites for hydroxylation is 2. The Kier molecular flexibility index (Phi) is 9.51. The number of nitrogens with zero attached hydrogens (tertiary/aromatic N) is 5. The van der Waals surface area contributed by atoms with E-state index in [2.05, 4.69) is 69.3 Å². The Labute approximate surface area is 247 Å². The summed E-state index contributed by atoms with van der Waals surface area (Å²) in [5, 5.41) is 7.45. The molecule has 0 bridgehead atoms. The summed E-state index contributed by atoms with van der Waals surface area (Å²) in [6.45, 7) is 20.6. The molecular weight excluding hydrogens is 562 g/mol. The molecule has 1 aliphatic rings. The maximum absolute atomic E-state index is 12.8. The van der Waals surface area contributed by atoms with E-state index in [-0.39, 0.29) is 10.9 Å². The molecule has 0 saturated carbocycles. The van der Waals surface area contributed by atoms with Gasteiger partial charge >= 0.3 is 0 Å². The first kappa shape index (κ1) is 30.4. The van der Waals surface area contributed by atoms with E-state index >= 15 is 0 Å². The Bertz CT molecular complexity index is 1320. The van der Waals surface area contributed by atoms with Crippen molar-refractivity contribution in [3.8, 4) is 0 Å². The number of hydrogen-bond donors (Lipinski definition) is 2. The zero-order chi connectivity index (χ0) is 29.1. The van der Waals surface area contributed by atoms with Crippen LogP contribution in [0.1, 0.15) is 41.8 Å². The van der Waals surface area contributed by atoms with Crippen LogP contribution in [0.4, 0.5) is 22.5 Å². The number of piperazine rings is 1. The molecule has 4 rings (SSSR count). The molecule has 217 valence electrons. The molecule has 3 aromatic rings. The van der Waals surface area contributed by atoms with Crippen LogP contribution < -0.4 is 15.5 Å². The smallest absolute Gasteiger partial charge is 0.267 e. The molecule has 12 heteroatoms. The number of nitrogens with one attached hydrogen (secondary N) is 2. The Balaban J connectivity index is 1.33. The van der Waals surface area contributed by atoms with Crippen LogP contribution in [0.15, 0.2) is 30.5 Å². The van der Waals surface area contributed by atoms with Crippen LogP contribution in [0, 0.1) is 13.8 Å². The number of halogens is 1. The van der Waals surface area contributed by atoms with Gasteiger partial charge in [-0.2, -0.15) is 0 Å². The predicted molar refractivity (Wildman–Crippen MR) is 168 cm³/mol. The Morgan fingerprint density at radius 2 is 1.88 bits per heavy atom. The minimum Gasteiger partial charge on any atom is -0.564 e. The Hall–Kier alpha value is -2.57. The molecular formula is C28H40ClN7O2SSi-. The highest BCUT2D eigenvalue weighted by atomic mass is 35.5. The van der Waals surface area contributed by atoms with E-state index in [0.29, 0.717) is 32.4 Å². The van der Waals surface area contributed by atoms with Crippen LogP contribution in [0.3, 0.4) is 0 Å². The fourth-order valence-corrected chi connectivity index (χ4v) is 6.16. The quantitative estimate of drug-likeness (QED) is 0.274. The van der Waals surface area contributed by atoms with Crippen molar-refractivity contribution in [2.24, 2.45) is 0 Å². The number of aromatic nitrogens is 3. The van der Waals surface area contributed by atoms with Crippen molar-refractivity contribution in [3.05, 3.63) is 51.7 Å². The van der Waals surface area contributed by atoms with Gasteiger partial charge in [-0.3, -0.25) is 9.69 Å². The molecule has 0 spiro atoms. The molecule has 0 atom stereocenters. The Morgan fingerprint density at radius 1 is 1.15 bits per heavy atom. The molecule has 0 radical (unpaired) electrons. The van der Waals surface area contributed by atoms with Crippen molar-refractivity contribution in [2.45, 2.75) is 52.8 Å². The number of amides is 1. The zero-order valence-electron chi connectivity index (χ0n) is 24.5. The van der Waals surface area contributed by atoms with Crippen LogP contribution in [0.5, 0.6) is 0 Å². The second-order valence-corrected chi connectivity index (χ2v) is 17.9. The molecule has 9 nitrogen and oxygen atoms in total. The molecule has 1 aliphatic heterocycles. The molecule has 0 unspecified atom stereocenters. The first-order valence-corrected chi connectivity index (χ1v) is 17.7. The van der Waals surface area contributed by atoms with Crippen molar-refractivity contribution in [2.75, 3.05) is 54.9 Å². The lowest BCUT2D eigenvalue weighted by Crippen LogP contribution is -2.49. The summed E-state index contributed by atoms with van der Waals surface area (Å²) in [7, 11) is -1.72. The van der Waals surface area contributed by atoms with Crippen LogP contribution in [0.25, 0.3) is 0 Å². The Morgan fingerprint density at radius 3 is 2.55 bits per heavy atom. The van der Waals surface area contributed by atoms with Crippen LogP contribution in [0.2, 0.25) is 23.2 Å².